The van der Waals surface area contributed by atoms with Crippen molar-refractivity contribution >= 4 is 34.8 Å². The average molecular weight is 360 g/mol. The van der Waals surface area contributed by atoms with E-state index in [1.165, 1.54) is 0 Å². The Morgan fingerprint density at radius 1 is 1.11 bits per heavy atom. The molecule has 27 heavy (non-hydrogen) atoms. The van der Waals surface area contributed by atoms with Crippen molar-refractivity contribution in [3.8, 4) is 0 Å². The first-order chi connectivity index (χ1) is 13.1. The van der Waals surface area contributed by atoms with Crippen LogP contribution in [-0.4, -0.2) is 6.34 Å². The Morgan fingerprint density at radius 3 is 2.56 bits per heavy atom. The number of benzene rings is 2. The van der Waals surface area contributed by atoms with Gasteiger partial charge in [-0.25, -0.2) is 5.01 Å². The first-order valence-electron chi connectivity index (χ1n) is 8.15. The topological polar surface area (TPSA) is 139 Å². The van der Waals surface area contributed by atoms with Crippen molar-refractivity contribution in [1.82, 2.24) is 5.32 Å². The van der Waals surface area contributed by atoms with E-state index in [1.807, 2.05) is 36.4 Å². The standard InChI is InChI=1S/C19H20N8/c20-12-27(26-23)16-3-1-2-14(10-16)25-15-4-5-18(21)17(11-15)19(22)13-6-8-24-9-7-13/h1-12,20,23-25H,21-22H2. The van der Waals surface area contributed by atoms with Crippen LogP contribution in [0.4, 0.5) is 22.7 Å². The minimum absolute atomic E-state index is 0.585. The van der Waals surface area contributed by atoms with Crippen molar-refractivity contribution in [2.75, 3.05) is 16.1 Å². The molecular formula is C19H20N8. The van der Waals surface area contributed by atoms with Gasteiger partial charge in [0.15, 0.2) is 0 Å². The van der Waals surface area contributed by atoms with Crippen molar-refractivity contribution in [3.05, 3.63) is 78.2 Å². The molecule has 0 aromatic heterocycles. The third-order valence-electron chi connectivity index (χ3n) is 4.00. The largest absolute Gasteiger partial charge is 0.398 e. The molecule has 0 bridgehead atoms. The Kier molecular flexibility index (Phi) is 5.17. The van der Waals surface area contributed by atoms with Gasteiger partial charge in [-0.05, 0) is 48.6 Å². The van der Waals surface area contributed by atoms with E-state index in [0.717, 1.165) is 33.9 Å². The normalized spacial score (nSPS) is 12.2. The molecule has 1 heterocycles. The fourth-order valence-corrected chi connectivity index (χ4v) is 2.64. The van der Waals surface area contributed by atoms with E-state index in [9.17, 15) is 0 Å². The number of nitrogen functional groups attached to an aromatic ring is 1. The molecule has 2 aromatic rings. The molecule has 0 aliphatic carbocycles. The summed E-state index contributed by atoms with van der Waals surface area (Å²) in [5.41, 5.74) is 24.5. The smallest absolute Gasteiger partial charge is 0.110 e. The van der Waals surface area contributed by atoms with Gasteiger partial charge >= 0.3 is 0 Å². The summed E-state index contributed by atoms with van der Waals surface area (Å²) >= 11 is 0. The van der Waals surface area contributed by atoms with Gasteiger partial charge in [-0.3, -0.25) is 5.41 Å². The lowest BCUT2D eigenvalue weighted by Crippen LogP contribution is -2.11. The summed E-state index contributed by atoms with van der Waals surface area (Å²) in [5.74, 6) is 0. The number of hydrogen-bond donors (Lipinski definition) is 6. The van der Waals surface area contributed by atoms with E-state index < -0.39 is 0 Å². The molecule has 8 heteroatoms. The molecule has 0 atom stereocenters. The van der Waals surface area contributed by atoms with Gasteiger partial charge in [-0.15, -0.1) is 0 Å². The molecule has 0 saturated heterocycles. The van der Waals surface area contributed by atoms with Gasteiger partial charge in [0.05, 0.1) is 5.69 Å². The van der Waals surface area contributed by atoms with Gasteiger partial charge in [0.1, 0.15) is 6.34 Å². The molecule has 0 unspecified atom stereocenters. The predicted molar refractivity (Wildman–Crippen MR) is 110 cm³/mol. The van der Waals surface area contributed by atoms with Crippen molar-refractivity contribution in [3.63, 3.8) is 0 Å². The summed E-state index contributed by atoms with van der Waals surface area (Å²) in [7, 11) is 0. The Balaban J connectivity index is 1.91. The second-order valence-corrected chi connectivity index (χ2v) is 5.75. The van der Waals surface area contributed by atoms with Crippen LogP contribution in [0.15, 0.2) is 77.8 Å². The Labute approximate surface area is 156 Å². The molecule has 1 aliphatic rings. The highest BCUT2D eigenvalue weighted by molar-refractivity contribution is 5.82. The van der Waals surface area contributed by atoms with Crippen LogP contribution in [0.2, 0.25) is 0 Å². The molecule has 0 fully saturated rings. The summed E-state index contributed by atoms with van der Waals surface area (Å²) in [6.45, 7) is 0. The lowest BCUT2D eigenvalue weighted by Gasteiger charge is -2.15. The molecular weight excluding hydrogens is 340 g/mol. The van der Waals surface area contributed by atoms with Gasteiger partial charge < -0.3 is 22.1 Å². The van der Waals surface area contributed by atoms with Crippen LogP contribution < -0.4 is 27.1 Å². The zero-order valence-electron chi connectivity index (χ0n) is 14.5. The van der Waals surface area contributed by atoms with Gasteiger partial charge in [0.25, 0.3) is 0 Å². The summed E-state index contributed by atoms with van der Waals surface area (Å²) in [6, 6.07) is 12.8. The number of hydrogen-bond acceptors (Lipinski definition) is 7. The van der Waals surface area contributed by atoms with E-state index in [2.05, 4.69) is 15.9 Å². The Hall–Kier alpha value is -4.07. The highest BCUT2D eigenvalue weighted by Gasteiger charge is 2.09. The number of nitrogens with one attached hydrogen (secondary N) is 4. The van der Waals surface area contributed by atoms with Crippen LogP contribution in [0, 0.1) is 10.9 Å². The quantitative estimate of drug-likeness (QED) is 0.153. The van der Waals surface area contributed by atoms with E-state index in [-0.39, 0.29) is 0 Å². The van der Waals surface area contributed by atoms with E-state index in [0.29, 0.717) is 17.1 Å². The number of anilines is 4. The highest BCUT2D eigenvalue weighted by Crippen LogP contribution is 2.28. The van der Waals surface area contributed by atoms with E-state index in [1.54, 1.807) is 30.6 Å². The fraction of sp³-hybridized carbons (Fsp3) is 0. The van der Waals surface area contributed by atoms with Crippen LogP contribution in [0.1, 0.15) is 5.56 Å². The average Bonchev–Trinajstić information content (AvgIpc) is 2.71. The molecule has 0 amide bonds. The lowest BCUT2D eigenvalue weighted by molar-refractivity contribution is 0.953. The van der Waals surface area contributed by atoms with Crippen molar-refractivity contribution in [1.29, 1.82) is 10.9 Å². The van der Waals surface area contributed by atoms with Crippen LogP contribution in [0.25, 0.3) is 5.70 Å². The second-order valence-electron chi connectivity index (χ2n) is 5.75. The summed E-state index contributed by atoms with van der Waals surface area (Å²) in [4.78, 5) is 0. The SMILES string of the molecule is N=CN(N=N)c1cccc(Nc2ccc(N)c(C(N)=C3C=CNC=C3)c2)c1. The lowest BCUT2D eigenvalue weighted by atomic mass is 10.0. The van der Waals surface area contributed by atoms with Crippen molar-refractivity contribution < 1.29 is 0 Å². The molecule has 0 saturated carbocycles. The minimum atomic E-state index is 0.585. The second kappa shape index (κ2) is 7.87. The summed E-state index contributed by atoms with van der Waals surface area (Å²) in [6.07, 6.45) is 8.35. The molecule has 8 N–H and O–H groups in total. The Bertz CT molecular complexity index is 936. The molecule has 2 aromatic carbocycles. The van der Waals surface area contributed by atoms with Crippen molar-refractivity contribution in [2.24, 2.45) is 11.0 Å². The summed E-state index contributed by atoms with van der Waals surface area (Å²) in [5, 5.41) is 18.0. The van der Waals surface area contributed by atoms with Gasteiger partial charge in [0.2, 0.25) is 0 Å². The van der Waals surface area contributed by atoms with Crippen molar-refractivity contribution in [2.45, 2.75) is 0 Å². The molecule has 0 radical (unpaired) electrons. The maximum atomic E-state index is 7.30. The first kappa shape index (κ1) is 17.7. The minimum Gasteiger partial charge on any atom is -0.398 e. The van der Waals surface area contributed by atoms with Gasteiger partial charge in [0, 0.05) is 46.3 Å². The van der Waals surface area contributed by atoms with Crippen LogP contribution >= 0.6 is 0 Å². The van der Waals surface area contributed by atoms with Crippen LogP contribution in [0.5, 0.6) is 0 Å². The van der Waals surface area contributed by atoms with Gasteiger partial charge in [-0.1, -0.05) is 11.3 Å². The predicted octanol–water partition coefficient (Wildman–Crippen LogP) is 3.67. The number of nitrogens with two attached hydrogens (primary N) is 2. The monoisotopic (exact) mass is 360 g/mol. The zero-order chi connectivity index (χ0) is 19.2. The maximum absolute atomic E-state index is 7.30. The molecule has 8 nitrogen and oxygen atoms in total. The number of rotatable bonds is 6. The zero-order valence-corrected chi connectivity index (χ0v) is 14.5. The van der Waals surface area contributed by atoms with Crippen LogP contribution in [-0.2, 0) is 0 Å². The van der Waals surface area contributed by atoms with Gasteiger partial charge in [-0.2, -0.15) is 5.53 Å². The fourth-order valence-electron chi connectivity index (χ4n) is 2.64. The maximum Gasteiger partial charge on any atom is 0.110 e. The number of dihydropyridines is 1. The molecule has 0 spiro atoms. The van der Waals surface area contributed by atoms with E-state index >= 15 is 0 Å². The van der Waals surface area contributed by atoms with E-state index in [4.69, 9.17) is 22.4 Å². The third kappa shape index (κ3) is 3.96. The molecule has 3 rings (SSSR count). The molecule has 136 valence electrons. The third-order valence-corrected chi connectivity index (χ3v) is 4.00. The number of nitrogens with zero attached hydrogens (tertiary/aromatic N) is 2. The number of allylic oxidation sites excluding steroid dienone is 3. The Morgan fingerprint density at radius 2 is 1.85 bits per heavy atom. The summed E-state index contributed by atoms with van der Waals surface area (Å²) < 4.78 is 0. The first-order valence-corrected chi connectivity index (χ1v) is 8.15. The molecule has 1 aliphatic heterocycles. The van der Waals surface area contributed by atoms with Crippen LogP contribution in [0.3, 0.4) is 0 Å². The highest BCUT2D eigenvalue weighted by atomic mass is 15.5.